The van der Waals surface area contributed by atoms with Gasteiger partial charge in [-0.15, -0.1) is 0 Å². The van der Waals surface area contributed by atoms with Crippen LogP contribution in [0.5, 0.6) is 5.75 Å². The van der Waals surface area contributed by atoms with E-state index in [0.717, 1.165) is 17.5 Å². The van der Waals surface area contributed by atoms with E-state index in [1.54, 1.807) is 60.7 Å². The van der Waals surface area contributed by atoms with E-state index in [0.29, 0.717) is 18.9 Å². The van der Waals surface area contributed by atoms with Gasteiger partial charge < -0.3 is 14.7 Å². The molecule has 0 aliphatic heterocycles. The largest absolute Gasteiger partial charge is 0.508 e. The highest BCUT2D eigenvalue weighted by Crippen LogP contribution is 2.19. The average Bonchev–Trinajstić information content (AvgIpc) is 2.71. The Hall–Kier alpha value is -2.89. The molecule has 0 saturated heterocycles. The van der Waals surface area contributed by atoms with Gasteiger partial charge in [-0.05, 0) is 54.2 Å². The van der Waals surface area contributed by atoms with Crippen LogP contribution < -0.4 is 0 Å². The molecule has 1 N–H and O–H groups in total. The molecule has 29 heavy (non-hydrogen) atoms. The predicted octanol–water partition coefficient (Wildman–Crippen LogP) is 3.58. The number of esters is 1. The summed E-state index contributed by atoms with van der Waals surface area (Å²) < 4.78 is 5.37. The fourth-order valence-corrected chi connectivity index (χ4v) is 2.94. The third-order valence-electron chi connectivity index (χ3n) is 4.75. The highest BCUT2D eigenvalue weighted by Gasteiger charge is 2.26. The smallest absolute Gasteiger partial charge is 0.306 e. The second kappa shape index (κ2) is 11.2. The summed E-state index contributed by atoms with van der Waals surface area (Å²) in [7, 11) is 1.77. The number of phenolic OH excluding ortho intramolecular Hbond substituents is 1. The van der Waals surface area contributed by atoms with Crippen LogP contribution in [0.1, 0.15) is 37.8 Å². The molecule has 1 aromatic carbocycles. The fraction of sp³-hybridized carbons (Fsp3) is 0.435. The molecule has 2 aromatic rings. The van der Waals surface area contributed by atoms with Gasteiger partial charge in [0.05, 0.1) is 12.3 Å². The van der Waals surface area contributed by atoms with Crippen molar-refractivity contribution in [3.63, 3.8) is 0 Å². The van der Waals surface area contributed by atoms with Crippen molar-refractivity contribution < 1.29 is 19.4 Å². The van der Waals surface area contributed by atoms with E-state index in [1.807, 2.05) is 0 Å². The molecule has 1 aromatic heterocycles. The molecule has 0 aliphatic carbocycles. The number of hydrogen-bond donors (Lipinski definition) is 1. The van der Waals surface area contributed by atoms with Crippen molar-refractivity contribution in [2.24, 2.45) is 11.8 Å². The normalized spacial score (nSPS) is 11.9. The van der Waals surface area contributed by atoms with Crippen molar-refractivity contribution in [1.82, 2.24) is 9.88 Å². The van der Waals surface area contributed by atoms with Gasteiger partial charge in [-0.3, -0.25) is 14.6 Å². The molecular weight excluding hydrogens is 368 g/mol. The number of rotatable bonds is 10. The Morgan fingerprint density at radius 3 is 2.34 bits per heavy atom. The van der Waals surface area contributed by atoms with Gasteiger partial charge in [0.15, 0.2) is 0 Å². The Balaban J connectivity index is 2.03. The summed E-state index contributed by atoms with van der Waals surface area (Å²) in [5.41, 5.74) is 1.74. The molecule has 0 bridgehead atoms. The molecule has 1 amide bonds. The molecule has 0 saturated carbocycles. The standard InChI is InChI=1S/C23H30N2O4/c1-17(2)10-13-25(3)23(28)20(14-18-4-6-21(26)7-5-18)15-22(27)29-16-19-8-11-24-12-9-19/h4-9,11-12,17,20,26H,10,13-16H2,1-3H3/t20-/m1/s1. The summed E-state index contributed by atoms with van der Waals surface area (Å²) in [6.45, 7) is 5.03. The molecule has 1 atom stereocenters. The van der Waals surface area contributed by atoms with Crippen molar-refractivity contribution in [2.45, 2.75) is 39.7 Å². The third kappa shape index (κ3) is 7.94. The summed E-state index contributed by atoms with van der Waals surface area (Å²) >= 11 is 0. The predicted molar refractivity (Wildman–Crippen MR) is 111 cm³/mol. The minimum atomic E-state index is -0.512. The van der Waals surface area contributed by atoms with Crippen LogP contribution in [0.3, 0.4) is 0 Å². The van der Waals surface area contributed by atoms with Gasteiger partial charge in [0.2, 0.25) is 5.91 Å². The third-order valence-corrected chi connectivity index (χ3v) is 4.75. The number of hydrogen-bond acceptors (Lipinski definition) is 5. The SMILES string of the molecule is CC(C)CCN(C)C(=O)[C@@H](CC(=O)OCc1ccncc1)Cc1ccc(O)cc1. The van der Waals surface area contributed by atoms with Crippen LogP contribution in [-0.4, -0.2) is 40.5 Å². The lowest BCUT2D eigenvalue weighted by Gasteiger charge is -2.24. The monoisotopic (exact) mass is 398 g/mol. The zero-order chi connectivity index (χ0) is 21.2. The number of carbonyl (C=O) groups is 2. The molecule has 156 valence electrons. The molecular formula is C23H30N2O4. The Morgan fingerprint density at radius 2 is 1.72 bits per heavy atom. The van der Waals surface area contributed by atoms with E-state index in [2.05, 4.69) is 18.8 Å². The second-order valence-electron chi connectivity index (χ2n) is 7.73. The first kappa shape index (κ1) is 22.4. The maximum Gasteiger partial charge on any atom is 0.306 e. The van der Waals surface area contributed by atoms with Crippen molar-refractivity contribution in [1.29, 1.82) is 0 Å². The number of aromatic hydroxyl groups is 1. The Kier molecular flexibility index (Phi) is 8.65. The molecule has 0 spiro atoms. The number of benzene rings is 1. The van der Waals surface area contributed by atoms with Crippen molar-refractivity contribution >= 4 is 11.9 Å². The quantitative estimate of drug-likeness (QED) is 0.619. The number of ether oxygens (including phenoxy) is 1. The maximum atomic E-state index is 13.0. The molecule has 2 rings (SSSR count). The van der Waals surface area contributed by atoms with Gasteiger partial charge in [-0.25, -0.2) is 0 Å². The van der Waals surface area contributed by atoms with Gasteiger partial charge in [0, 0.05) is 26.0 Å². The van der Waals surface area contributed by atoms with Gasteiger partial charge in [-0.1, -0.05) is 26.0 Å². The maximum absolute atomic E-state index is 13.0. The van der Waals surface area contributed by atoms with E-state index >= 15 is 0 Å². The van der Waals surface area contributed by atoms with Gasteiger partial charge in [0.1, 0.15) is 12.4 Å². The number of phenols is 1. The van der Waals surface area contributed by atoms with Crippen LogP contribution in [0, 0.1) is 11.8 Å². The van der Waals surface area contributed by atoms with Crippen molar-refractivity contribution in [3.05, 3.63) is 59.9 Å². The highest BCUT2D eigenvalue weighted by atomic mass is 16.5. The minimum absolute atomic E-state index is 0.0107. The van der Waals surface area contributed by atoms with Crippen LogP contribution in [0.4, 0.5) is 0 Å². The lowest BCUT2D eigenvalue weighted by Crippen LogP contribution is -2.36. The Bertz CT molecular complexity index is 775. The summed E-state index contributed by atoms with van der Waals surface area (Å²) in [6.07, 6.45) is 4.61. The first-order valence-electron chi connectivity index (χ1n) is 9.92. The Morgan fingerprint density at radius 1 is 1.07 bits per heavy atom. The number of pyridine rings is 1. The molecule has 0 fully saturated rings. The highest BCUT2D eigenvalue weighted by molar-refractivity contribution is 5.84. The molecule has 0 radical (unpaired) electrons. The van der Waals surface area contributed by atoms with Crippen LogP contribution in [0.25, 0.3) is 0 Å². The zero-order valence-electron chi connectivity index (χ0n) is 17.4. The van der Waals surface area contributed by atoms with Crippen LogP contribution in [-0.2, 0) is 27.4 Å². The van der Waals surface area contributed by atoms with Crippen molar-refractivity contribution in [3.8, 4) is 5.75 Å². The van der Waals surface area contributed by atoms with Crippen LogP contribution >= 0.6 is 0 Å². The van der Waals surface area contributed by atoms with Gasteiger partial charge in [-0.2, -0.15) is 0 Å². The van der Waals surface area contributed by atoms with E-state index in [-0.39, 0.29) is 24.7 Å². The topological polar surface area (TPSA) is 79.7 Å². The van der Waals surface area contributed by atoms with Gasteiger partial charge >= 0.3 is 5.97 Å². The van der Waals surface area contributed by atoms with Crippen molar-refractivity contribution in [2.75, 3.05) is 13.6 Å². The van der Waals surface area contributed by atoms with Crippen LogP contribution in [0.15, 0.2) is 48.8 Å². The van der Waals surface area contributed by atoms with E-state index in [4.69, 9.17) is 4.74 Å². The number of carbonyl (C=O) groups excluding carboxylic acids is 2. The van der Waals surface area contributed by atoms with E-state index < -0.39 is 11.9 Å². The van der Waals surface area contributed by atoms with Crippen LogP contribution in [0.2, 0.25) is 0 Å². The molecule has 0 aliphatic rings. The molecule has 6 nitrogen and oxygen atoms in total. The minimum Gasteiger partial charge on any atom is -0.508 e. The average molecular weight is 399 g/mol. The van der Waals surface area contributed by atoms with E-state index in [9.17, 15) is 14.7 Å². The first-order valence-corrected chi connectivity index (χ1v) is 9.92. The first-order chi connectivity index (χ1) is 13.8. The summed E-state index contributed by atoms with van der Waals surface area (Å²) in [5.74, 6) is -0.328. The fourth-order valence-electron chi connectivity index (χ4n) is 2.94. The number of amides is 1. The second-order valence-corrected chi connectivity index (χ2v) is 7.73. The molecule has 1 heterocycles. The lowest BCUT2D eigenvalue weighted by molar-refractivity contribution is -0.149. The lowest BCUT2D eigenvalue weighted by atomic mass is 9.94. The summed E-state index contributed by atoms with van der Waals surface area (Å²) in [4.78, 5) is 31.0. The molecule has 6 heteroatoms. The zero-order valence-corrected chi connectivity index (χ0v) is 17.4. The van der Waals surface area contributed by atoms with E-state index in [1.165, 1.54) is 0 Å². The molecule has 0 unspecified atom stereocenters. The number of aromatic nitrogens is 1. The number of nitrogens with zero attached hydrogens (tertiary/aromatic N) is 2. The van der Waals surface area contributed by atoms with Gasteiger partial charge in [0.25, 0.3) is 0 Å². The Labute approximate surface area is 172 Å². The summed E-state index contributed by atoms with van der Waals surface area (Å²) in [5, 5.41) is 9.48. The summed E-state index contributed by atoms with van der Waals surface area (Å²) in [6, 6.07) is 10.3.